The number of esters is 1. The molecule has 4 saturated carbocycles. The smallest absolute Gasteiger partial charge is 0.302 e. The van der Waals surface area contributed by atoms with Crippen LogP contribution in [0.1, 0.15) is 253 Å². The summed E-state index contributed by atoms with van der Waals surface area (Å²) >= 11 is 0. The molecule has 0 amide bonds. The van der Waals surface area contributed by atoms with Crippen LogP contribution in [0, 0.1) is 84.2 Å². The van der Waals surface area contributed by atoms with Crippen LogP contribution in [-0.2, 0) is 19.1 Å². The Morgan fingerprint density at radius 3 is 1.32 bits per heavy atom. The number of aliphatic hydroxyl groups excluding tert-OH is 1. The van der Waals surface area contributed by atoms with Gasteiger partial charge in [-0.2, -0.15) is 0 Å². The van der Waals surface area contributed by atoms with Crippen molar-refractivity contribution in [3.63, 3.8) is 0 Å². The summed E-state index contributed by atoms with van der Waals surface area (Å²) in [5.41, 5.74) is 7.17. The fourth-order valence-electron chi connectivity index (χ4n) is 19.3. The van der Waals surface area contributed by atoms with Gasteiger partial charge in [-0.25, -0.2) is 0 Å². The molecule has 0 bridgehead atoms. The van der Waals surface area contributed by atoms with Crippen LogP contribution in [0.5, 0.6) is 0 Å². The number of hydrogen-bond acceptors (Lipinski definition) is 6. The van der Waals surface area contributed by atoms with Crippen molar-refractivity contribution in [3.05, 3.63) is 22.3 Å². The summed E-state index contributed by atoms with van der Waals surface area (Å²) in [6, 6.07) is 0. The van der Waals surface area contributed by atoms with E-state index in [1.165, 1.54) is 77.6 Å². The molecule has 4 fully saturated rings. The van der Waals surface area contributed by atoms with Gasteiger partial charge in [-0.05, 0) is 203 Å². The molecule has 0 aromatic heterocycles. The average molecular weight is 958 g/mol. The molecule has 0 heterocycles. The summed E-state index contributed by atoms with van der Waals surface area (Å²) in [5.74, 6) is 4.33. The van der Waals surface area contributed by atoms with Gasteiger partial charge in [-0.3, -0.25) is 14.4 Å². The third-order valence-electron chi connectivity index (χ3n) is 24.4. The maximum Gasteiger partial charge on any atom is 0.302 e. The molecule has 8 aliphatic carbocycles. The van der Waals surface area contributed by atoms with E-state index in [0.717, 1.165) is 51.4 Å². The number of carbonyl (C=O) groups is 3. The Morgan fingerprint density at radius 2 is 0.957 bits per heavy atom. The first-order valence-electron chi connectivity index (χ1n) is 28.7. The second-order valence-corrected chi connectivity index (χ2v) is 29.8. The standard InChI is InChI=1S/C33H54O3.C30H50O3/c1-21(11-14-28(29(3,4)5)36-22(2)34)23-15-19-33(10)25-12-13-26-30(6,7)27(35)17-18-31(26,8)24(25)16-20-32(23,33)9;1-19(9-12-25(32)27(4,5)33)20-13-17-30(8)22-10-11-23-26(2,3)24(31)15-16-28(23,6)21(22)14-18-29(20,30)7/h21,23,26,28H,11-20H2,1-10H3;19-20,23,25,32-33H,9-18H2,1-8H3/t21?,23?,26-,28?,31+,32+,33-;19?,20?,23-,25?,28+,29+,30-/m00/s1. The lowest BCUT2D eigenvalue weighted by Gasteiger charge is -2.61. The zero-order valence-corrected chi connectivity index (χ0v) is 47.8. The largest absolute Gasteiger partial charge is 0.462 e. The summed E-state index contributed by atoms with van der Waals surface area (Å²) in [7, 11) is 0. The maximum atomic E-state index is 12.9. The monoisotopic (exact) mass is 957 g/mol. The first-order chi connectivity index (χ1) is 31.6. The van der Waals surface area contributed by atoms with Crippen molar-refractivity contribution in [1.29, 1.82) is 0 Å². The van der Waals surface area contributed by atoms with Crippen molar-refractivity contribution >= 4 is 17.5 Å². The summed E-state index contributed by atoms with van der Waals surface area (Å²) in [6.07, 6.45) is 21.4. The van der Waals surface area contributed by atoms with E-state index >= 15 is 0 Å². The summed E-state index contributed by atoms with van der Waals surface area (Å²) < 4.78 is 5.77. The van der Waals surface area contributed by atoms with E-state index in [2.05, 4.69) is 104 Å². The van der Waals surface area contributed by atoms with E-state index in [1.807, 2.05) is 0 Å². The van der Waals surface area contributed by atoms with Gasteiger partial charge in [0.05, 0.1) is 11.7 Å². The Morgan fingerprint density at radius 1 is 0.565 bits per heavy atom. The first kappa shape index (κ1) is 55.0. The molecule has 0 radical (unpaired) electrons. The number of aliphatic hydroxyl groups is 2. The Balaban J connectivity index is 0.000000205. The Kier molecular flexibility index (Phi) is 14.5. The lowest BCUT2D eigenvalue weighted by atomic mass is 9.43. The van der Waals surface area contributed by atoms with Gasteiger partial charge >= 0.3 is 5.97 Å². The average Bonchev–Trinajstić information content (AvgIpc) is 3.69. The Bertz CT molecular complexity index is 2060. The SMILES string of the molecule is CC(=O)OC(CCC(C)C1CC[C@@]2(C)C3=C(CC[C@]12C)[C@@]1(C)CCC(=O)C(C)(C)[C@@H]1CC3)C(C)(C)C.CC(CCC(O)C(C)(C)O)C1CC[C@@]2(C)C3=C(CC[C@]12C)[C@@]1(C)CCC(=O)C(C)(C)[C@@H]1CC3. The van der Waals surface area contributed by atoms with E-state index in [-0.39, 0.29) is 50.0 Å². The van der Waals surface area contributed by atoms with Crippen LogP contribution in [0.2, 0.25) is 0 Å². The number of hydrogen-bond donors (Lipinski definition) is 2. The molecule has 2 N–H and O–H groups in total. The Hall–Kier alpha value is -1.79. The first-order valence-corrected chi connectivity index (χ1v) is 28.7. The number of allylic oxidation sites excluding steroid dienone is 4. The summed E-state index contributed by atoms with van der Waals surface area (Å²) in [6.45, 7) is 40.6. The van der Waals surface area contributed by atoms with Crippen molar-refractivity contribution in [3.8, 4) is 0 Å². The highest BCUT2D eigenvalue weighted by atomic mass is 16.5. The predicted octanol–water partition coefficient (Wildman–Crippen LogP) is 15.6. The maximum absolute atomic E-state index is 12.9. The van der Waals surface area contributed by atoms with Crippen molar-refractivity contribution < 1.29 is 29.3 Å². The Labute approximate surface area is 422 Å². The quantitative estimate of drug-likeness (QED) is 0.167. The zero-order chi connectivity index (χ0) is 51.5. The number of Topliss-reactive ketones (excluding diaryl/α,β-unsaturated/α-hetero) is 2. The molecule has 6 nitrogen and oxygen atoms in total. The van der Waals surface area contributed by atoms with E-state index in [0.29, 0.717) is 64.3 Å². The van der Waals surface area contributed by atoms with Crippen molar-refractivity contribution in [1.82, 2.24) is 0 Å². The van der Waals surface area contributed by atoms with E-state index < -0.39 is 11.7 Å². The molecule has 0 aromatic carbocycles. The number of rotatable bonds is 10. The predicted molar refractivity (Wildman–Crippen MR) is 282 cm³/mol. The van der Waals surface area contributed by atoms with Gasteiger partial charge in [0.25, 0.3) is 0 Å². The van der Waals surface area contributed by atoms with Gasteiger partial charge in [0.1, 0.15) is 17.7 Å². The molecule has 6 heteroatoms. The highest BCUT2D eigenvalue weighted by Crippen LogP contribution is 2.74. The van der Waals surface area contributed by atoms with Crippen LogP contribution in [0.25, 0.3) is 0 Å². The van der Waals surface area contributed by atoms with E-state index in [4.69, 9.17) is 4.74 Å². The topological polar surface area (TPSA) is 101 Å². The molecule has 0 aromatic rings. The number of ether oxygens (including phenoxy) is 1. The minimum Gasteiger partial charge on any atom is -0.462 e. The normalized spacial score (nSPS) is 41.0. The minimum atomic E-state index is -1.03. The highest BCUT2D eigenvalue weighted by molar-refractivity contribution is 5.86. The number of ketones is 2. The fraction of sp³-hybridized carbons (Fsp3) is 0.889. The lowest BCUT2D eigenvalue weighted by molar-refractivity contribution is -0.152. The second kappa shape index (κ2) is 18.2. The van der Waals surface area contributed by atoms with Crippen LogP contribution in [0.15, 0.2) is 22.3 Å². The molecular formula is C63H104O6. The fourth-order valence-corrected chi connectivity index (χ4v) is 19.3. The molecule has 0 spiro atoms. The van der Waals surface area contributed by atoms with Crippen LogP contribution >= 0.6 is 0 Å². The molecule has 392 valence electrons. The zero-order valence-electron chi connectivity index (χ0n) is 47.8. The van der Waals surface area contributed by atoms with Gasteiger partial charge in [0, 0.05) is 30.6 Å². The van der Waals surface area contributed by atoms with Crippen LogP contribution in [0.4, 0.5) is 0 Å². The lowest BCUT2D eigenvalue weighted by Crippen LogP contribution is -2.53. The molecule has 8 rings (SSSR count). The third kappa shape index (κ3) is 8.79. The van der Waals surface area contributed by atoms with Crippen molar-refractivity contribution in [2.75, 3.05) is 0 Å². The van der Waals surface area contributed by atoms with Gasteiger partial charge in [0.2, 0.25) is 0 Å². The molecule has 0 saturated heterocycles. The van der Waals surface area contributed by atoms with Gasteiger partial charge in [-0.1, -0.05) is 126 Å². The van der Waals surface area contributed by atoms with Crippen molar-refractivity contribution in [2.24, 2.45) is 84.2 Å². The van der Waals surface area contributed by atoms with Gasteiger partial charge in [-0.15, -0.1) is 0 Å². The van der Waals surface area contributed by atoms with Crippen LogP contribution in [0.3, 0.4) is 0 Å². The minimum absolute atomic E-state index is 0.0219. The van der Waals surface area contributed by atoms with Gasteiger partial charge < -0.3 is 14.9 Å². The number of fused-ring (bicyclic) bond motifs is 8. The second-order valence-electron chi connectivity index (χ2n) is 29.8. The van der Waals surface area contributed by atoms with Crippen LogP contribution < -0.4 is 0 Å². The number of carbonyl (C=O) groups excluding carboxylic acids is 3. The van der Waals surface area contributed by atoms with E-state index in [1.54, 1.807) is 36.1 Å². The molecule has 0 aliphatic heterocycles. The highest BCUT2D eigenvalue weighted by Gasteiger charge is 2.65. The molecule has 69 heavy (non-hydrogen) atoms. The molecule has 14 atom stereocenters. The van der Waals surface area contributed by atoms with E-state index in [9.17, 15) is 24.6 Å². The molecular weight excluding hydrogens is 853 g/mol. The summed E-state index contributed by atoms with van der Waals surface area (Å²) in [4.78, 5) is 37.4. The van der Waals surface area contributed by atoms with Gasteiger partial charge in [0.15, 0.2) is 0 Å². The third-order valence-corrected chi connectivity index (χ3v) is 24.4. The summed E-state index contributed by atoms with van der Waals surface area (Å²) in [5, 5.41) is 20.6. The molecule has 6 unspecified atom stereocenters. The van der Waals surface area contributed by atoms with Crippen molar-refractivity contribution in [2.45, 2.75) is 271 Å². The molecule has 8 aliphatic rings. The van der Waals surface area contributed by atoms with Crippen LogP contribution in [-0.4, -0.2) is 45.6 Å².